The Morgan fingerprint density at radius 3 is 2.42 bits per heavy atom. The quantitative estimate of drug-likeness (QED) is 0.683. The minimum absolute atomic E-state index is 0.434. The van der Waals surface area contributed by atoms with Crippen LogP contribution in [-0.4, -0.2) is 6.54 Å². The molecule has 1 aromatic rings. The van der Waals surface area contributed by atoms with E-state index in [0.717, 1.165) is 11.4 Å². The lowest BCUT2D eigenvalue weighted by atomic mass is 10.1. The first kappa shape index (κ1) is 9.62. The van der Waals surface area contributed by atoms with E-state index in [1.54, 1.807) is 0 Å². The van der Waals surface area contributed by atoms with Crippen molar-refractivity contribution in [1.29, 1.82) is 0 Å². The summed E-state index contributed by atoms with van der Waals surface area (Å²) in [4.78, 5) is 1.02. The van der Waals surface area contributed by atoms with E-state index in [0.29, 0.717) is 6.04 Å². The molecule has 1 nitrogen and oxygen atoms in total. The second kappa shape index (κ2) is 4.53. The van der Waals surface area contributed by atoms with Crippen molar-refractivity contribution in [3.05, 3.63) is 29.8 Å². The molecule has 0 aliphatic carbocycles. The molecule has 1 unspecified atom stereocenters. The van der Waals surface area contributed by atoms with Crippen LogP contribution in [0, 0.1) is 0 Å². The molecule has 0 radical (unpaired) electrons. The Morgan fingerprint density at radius 1 is 1.33 bits per heavy atom. The van der Waals surface area contributed by atoms with Crippen LogP contribution in [0.25, 0.3) is 0 Å². The summed E-state index contributed by atoms with van der Waals surface area (Å²) in [6.45, 7) is 5.28. The van der Waals surface area contributed by atoms with Crippen LogP contribution in [0.5, 0.6) is 0 Å². The fourth-order valence-electron chi connectivity index (χ4n) is 1.19. The van der Waals surface area contributed by atoms with Crippen molar-refractivity contribution < 1.29 is 0 Å². The van der Waals surface area contributed by atoms with Gasteiger partial charge in [-0.1, -0.05) is 19.1 Å². The number of hydrogen-bond acceptors (Lipinski definition) is 2. The molecule has 0 spiro atoms. The third-order valence-corrected chi connectivity index (χ3v) is 2.20. The predicted octanol–water partition coefficient (Wildman–Crippen LogP) is 2.65. The fourth-order valence-corrected chi connectivity index (χ4v) is 1.34. The summed E-state index contributed by atoms with van der Waals surface area (Å²) in [5, 5.41) is 3.36. The Bertz CT molecular complexity index is 230. The Balaban J connectivity index is 2.68. The molecule has 0 fully saturated rings. The molecule has 1 rings (SSSR count). The highest BCUT2D eigenvalue weighted by Gasteiger charge is 2.01. The Morgan fingerprint density at radius 2 is 1.92 bits per heavy atom. The second-order valence-electron chi connectivity index (χ2n) is 2.87. The molecule has 66 valence electrons. The fraction of sp³-hybridized carbons (Fsp3) is 0.400. The van der Waals surface area contributed by atoms with Gasteiger partial charge in [0.15, 0.2) is 0 Å². The summed E-state index contributed by atoms with van der Waals surface area (Å²) in [6.07, 6.45) is 0. The van der Waals surface area contributed by atoms with Gasteiger partial charge in [0.05, 0.1) is 0 Å². The molecule has 0 bridgehead atoms. The van der Waals surface area contributed by atoms with Gasteiger partial charge in [0.25, 0.3) is 0 Å². The standard InChI is InChI=1S/C10H15NS/c1-3-11-8(2)9-4-6-10(12)7-5-9/h4-8,11-12H,3H2,1-2H3. The average molecular weight is 181 g/mol. The van der Waals surface area contributed by atoms with Crippen molar-refractivity contribution in [2.75, 3.05) is 6.54 Å². The highest BCUT2D eigenvalue weighted by molar-refractivity contribution is 7.80. The first-order chi connectivity index (χ1) is 5.74. The van der Waals surface area contributed by atoms with Crippen molar-refractivity contribution in [1.82, 2.24) is 5.32 Å². The van der Waals surface area contributed by atoms with Gasteiger partial charge in [0.2, 0.25) is 0 Å². The third kappa shape index (κ3) is 2.54. The molecule has 12 heavy (non-hydrogen) atoms. The number of rotatable bonds is 3. The SMILES string of the molecule is CCNC(C)c1ccc(S)cc1. The number of benzene rings is 1. The highest BCUT2D eigenvalue weighted by atomic mass is 32.1. The van der Waals surface area contributed by atoms with E-state index in [9.17, 15) is 0 Å². The van der Waals surface area contributed by atoms with Gasteiger partial charge in [0, 0.05) is 10.9 Å². The maximum absolute atomic E-state index is 4.23. The number of thiol groups is 1. The van der Waals surface area contributed by atoms with E-state index in [-0.39, 0.29) is 0 Å². The zero-order chi connectivity index (χ0) is 8.97. The normalized spacial score (nSPS) is 12.9. The average Bonchev–Trinajstić information content (AvgIpc) is 2.06. The van der Waals surface area contributed by atoms with E-state index in [4.69, 9.17) is 0 Å². The van der Waals surface area contributed by atoms with Gasteiger partial charge < -0.3 is 5.32 Å². The van der Waals surface area contributed by atoms with Crippen LogP contribution in [0.2, 0.25) is 0 Å². The number of nitrogens with one attached hydrogen (secondary N) is 1. The van der Waals surface area contributed by atoms with E-state index in [1.165, 1.54) is 5.56 Å². The minimum Gasteiger partial charge on any atom is -0.310 e. The zero-order valence-electron chi connectivity index (χ0n) is 7.54. The van der Waals surface area contributed by atoms with E-state index >= 15 is 0 Å². The molecule has 2 heteroatoms. The molecule has 1 N–H and O–H groups in total. The van der Waals surface area contributed by atoms with Crippen LogP contribution < -0.4 is 5.32 Å². The zero-order valence-corrected chi connectivity index (χ0v) is 8.44. The van der Waals surface area contributed by atoms with E-state index in [1.807, 2.05) is 12.1 Å². The summed E-state index contributed by atoms with van der Waals surface area (Å²) in [7, 11) is 0. The second-order valence-corrected chi connectivity index (χ2v) is 3.39. The maximum Gasteiger partial charge on any atom is 0.0291 e. The van der Waals surface area contributed by atoms with Gasteiger partial charge in [-0.2, -0.15) is 0 Å². The molecular formula is C10H15NS. The summed E-state index contributed by atoms with van der Waals surface area (Å²) < 4.78 is 0. The van der Waals surface area contributed by atoms with Gasteiger partial charge in [0.1, 0.15) is 0 Å². The largest absolute Gasteiger partial charge is 0.310 e. The van der Waals surface area contributed by atoms with Crippen LogP contribution in [-0.2, 0) is 0 Å². The van der Waals surface area contributed by atoms with Gasteiger partial charge in [-0.15, -0.1) is 12.6 Å². The maximum atomic E-state index is 4.23. The van der Waals surface area contributed by atoms with Crippen LogP contribution in [0.1, 0.15) is 25.5 Å². The molecule has 0 amide bonds. The van der Waals surface area contributed by atoms with Crippen LogP contribution in [0.3, 0.4) is 0 Å². The smallest absolute Gasteiger partial charge is 0.0291 e. The van der Waals surface area contributed by atoms with Crippen molar-refractivity contribution in [2.45, 2.75) is 24.8 Å². The summed E-state index contributed by atoms with van der Waals surface area (Å²) >= 11 is 4.23. The molecule has 0 saturated heterocycles. The number of hydrogen-bond donors (Lipinski definition) is 2. The van der Waals surface area contributed by atoms with Crippen LogP contribution >= 0.6 is 12.6 Å². The van der Waals surface area contributed by atoms with Crippen LogP contribution in [0.4, 0.5) is 0 Å². The lowest BCUT2D eigenvalue weighted by Crippen LogP contribution is -2.17. The topological polar surface area (TPSA) is 12.0 Å². The first-order valence-electron chi connectivity index (χ1n) is 4.26. The molecule has 0 aliphatic heterocycles. The molecule has 0 aromatic heterocycles. The Hall–Kier alpha value is -0.470. The van der Waals surface area contributed by atoms with Gasteiger partial charge in [-0.25, -0.2) is 0 Å². The van der Waals surface area contributed by atoms with Crippen molar-refractivity contribution >= 4 is 12.6 Å². The molecule has 0 heterocycles. The first-order valence-corrected chi connectivity index (χ1v) is 4.71. The Labute approximate surface area is 79.6 Å². The van der Waals surface area contributed by atoms with Gasteiger partial charge in [-0.3, -0.25) is 0 Å². The predicted molar refractivity (Wildman–Crippen MR) is 55.8 cm³/mol. The lowest BCUT2D eigenvalue weighted by molar-refractivity contribution is 0.598. The lowest BCUT2D eigenvalue weighted by Gasteiger charge is -2.12. The molecule has 1 aromatic carbocycles. The highest BCUT2D eigenvalue weighted by Crippen LogP contribution is 2.14. The van der Waals surface area contributed by atoms with Gasteiger partial charge >= 0.3 is 0 Å². The van der Waals surface area contributed by atoms with Gasteiger partial charge in [-0.05, 0) is 31.2 Å². The van der Waals surface area contributed by atoms with Crippen molar-refractivity contribution in [3.8, 4) is 0 Å². The van der Waals surface area contributed by atoms with E-state index in [2.05, 4.69) is 43.9 Å². The summed E-state index contributed by atoms with van der Waals surface area (Å²) in [5.74, 6) is 0. The summed E-state index contributed by atoms with van der Waals surface area (Å²) in [5.41, 5.74) is 1.31. The third-order valence-electron chi connectivity index (χ3n) is 1.90. The monoisotopic (exact) mass is 181 g/mol. The molecule has 1 atom stereocenters. The molecule has 0 aliphatic rings. The van der Waals surface area contributed by atoms with Crippen molar-refractivity contribution in [3.63, 3.8) is 0 Å². The Kier molecular flexibility index (Phi) is 3.63. The van der Waals surface area contributed by atoms with Crippen LogP contribution in [0.15, 0.2) is 29.2 Å². The molecular weight excluding hydrogens is 166 g/mol. The van der Waals surface area contributed by atoms with E-state index < -0.39 is 0 Å². The summed E-state index contributed by atoms with van der Waals surface area (Å²) in [6, 6.07) is 8.69. The minimum atomic E-state index is 0.434. The van der Waals surface area contributed by atoms with Crippen molar-refractivity contribution in [2.24, 2.45) is 0 Å². The molecule has 0 saturated carbocycles.